The molecule has 6 nitrogen and oxygen atoms in total. The maximum Gasteiger partial charge on any atom is 0.341 e. The van der Waals surface area contributed by atoms with Crippen LogP contribution in [0.5, 0.6) is 0 Å². The molecule has 0 aliphatic heterocycles. The number of anilines is 1. The van der Waals surface area contributed by atoms with Gasteiger partial charge in [-0.15, -0.1) is 11.3 Å². The predicted molar refractivity (Wildman–Crippen MR) is 83.1 cm³/mol. The molecule has 0 saturated heterocycles. The number of hydrogen-bond donors (Lipinski definition) is 1. The Bertz CT molecular complexity index is 794. The van der Waals surface area contributed by atoms with Crippen LogP contribution >= 0.6 is 34.3 Å². The molecule has 0 spiro atoms. The highest BCUT2D eigenvalue weighted by molar-refractivity contribution is 7.95. The molecule has 2 rings (SSSR count). The van der Waals surface area contributed by atoms with Crippen molar-refractivity contribution < 1.29 is 17.9 Å². The van der Waals surface area contributed by atoms with E-state index in [1.165, 1.54) is 24.6 Å². The summed E-state index contributed by atoms with van der Waals surface area (Å²) in [6.07, 6.45) is 1.17. The van der Waals surface area contributed by atoms with E-state index in [-0.39, 0.29) is 19.2 Å². The topological polar surface area (TPSA) is 85.4 Å². The first kappa shape index (κ1) is 16.2. The number of hydrogen-bond acceptors (Lipinski definition) is 7. The van der Waals surface area contributed by atoms with Gasteiger partial charge in [-0.25, -0.2) is 18.2 Å². The van der Waals surface area contributed by atoms with E-state index in [0.29, 0.717) is 5.56 Å². The average molecular weight is 367 g/mol. The Hall–Kier alpha value is -1.16. The standard InChI is InChI=1S/C11H11ClN2O4S3/c1-5-6(2)19-9(8(5)10(15)18-3)14-21(16,17)7-4-13-11(12)20-7/h4,14H,1-3H3. The zero-order valence-electron chi connectivity index (χ0n) is 11.3. The van der Waals surface area contributed by atoms with Crippen LogP contribution in [-0.4, -0.2) is 26.5 Å². The van der Waals surface area contributed by atoms with Crippen LogP contribution in [0, 0.1) is 13.8 Å². The van der Waals surface area contributed by atoms with Crippen molar-refractivity contribution in [3.63, 3.8) is 0 Å². The third kappa shape index (κ3) is 3.20. The Balaban J connectivity index is 2.45. The number of nitrogens with one attached hydrogen (secondary N) is 1. The summed E-state index contributed by atoms with van der Waals surface area (Å²) >= 11 is 7.66. The van der Waals surface area contributed by atoms with Crippen molar-refractivity contribution >= 4 is 55.3 Å². The largest absolute Gasteiger partial charge is 0.465 e. The Morgan fingerprint density at radius 3 is 2.57 bits per heavy atom. The molecule has 0 unspecified atom stereocenters. The lowest BCUT2D eigenvalue weighted by Crippen LogP contribution is -2.14. The summed E-state index contributed by atoms with van der Waals surface area (Å²) in [6, 6.07) is 0. The molecule has 0 amide bonds. The van der Waals surface area contributed by atoms with E-state index in [2.05, 4.69) is 9.71 Å². The molecule has 0 radical (unpaired) electrons. The van der Waals surface area contributed by atoms with Gasteiger partial charge in [-0.2, -0.15) is 0 Å². The second-order valence-electron chi connectivity index (χ2n) is 4.02. The van der Waals surface area contributed by atoms with Crippen molar-refractivity contribution in [2.24, 2.45) is 0 Å². The van der Waals surface area contributed by atoms with Crippen LogP contribution in [0.1, 0.15) is 20.8 Å². The molecular formula is C11H11ClN2O4S3. The molecule has 1 N–H and O–H groups in total. The molecule has 0 fully saturated rings. The Morgan fingerprint density at radius 1 is 1.38 bits per heavy atom. The van der Waals surface area contributed by atoms with Gasteiger partial charge in [0.05, 0.1) is 18.9 Å². The maximum absolute atomic E-state index is 12.3. The highest BCUT2D eigenvalue weighted by Crippen LogP contribution is 2.35. The molecule has 0 saturated carbocycles. The zero-order chi connectivity index (χ0) is 15.8. The number of esters is 1. The van der Waals surface area contributed by atoms with E-state index in [4.69, 9.17) is 16.3 Å². The van der Waals surface area contributed by atoms with Gasteiger partial charge in [0.15, 0.2) is 8.68 Å². The number of nitrogens with zero attached hydrogens (tertiary/aromatic N) is 1. The molecule has 21 heavy (non-hydrogen) atoms. The van der Waals surface area contributed by atoms with E-state index in [0.717, 1.165) is 16.2 Å². The van der Waals surface area contributed by atoms with Crippen LogP contribution in [0.2, 0.25) is 4.47 Å². The number of sulfonamides is 1. The van der Waals surface area contributed by atoms with Crippen molar-refractivity contribution in [3.8, 4) is 0 Å². The molecule has 2 aromatic rings. The number of halogens is 1. The lowest BCUT2D eigenvalue weighted by molar-refractivity contribution is 0.0601. The molecule has 114 valence electrons. The minimum absolute atomic E-state index is 0.0213. The molecule has 0 aliphatic rings. The van der Waals surface area contributed by atoms with Crippen molar-refractivity contribution in [1.82, 2.24) is 4.98 Å². The predicted octanol–water partition coefficient (Wildman–Crippen LogP) is 3.06. The fourth-order valence-corrected chi connectivity index (χ4v) is 5.23. The van der Waals surface area contributed by atoms with Crippen LogP contribution in [0.15, 0.2) is 10.4 Å². The van der Waals surface area contributed by atoms with Crippen LogP contribution in [0.3, 0.4) is 0 Å². The van der Waals surface area contributed by atoms with Gasteiger partial charge in [-0.05, 0) is 19.4 Å². The second kappa shape index (κ2) is 5.91. The van der Waals surface area contributed by atoms with E-state index < -0.39 is 16.0 Å². The Kier molecular flexibility index (Phi) is 4.57. The maximum atomic E-state index is 12.3. The summed E-state index contributed by atoms with van der Waals surface area (Å²) in [4.78, 5) is 16.3. The Morgan fingerprint density at radius 2 is 2.05 bits per heavy atom. The fraction of sp³-hybridized carbons (Fsp3) is 0.273. The van der Waals surface area contributed by atoms with Crippen LogP contribution in [-0.2, 0) is 14.8 Å². The normalized spacial score (nSPS) is 11.4. The molecule has 2 aromatic heterocycles. The molecule has 2 heterocycles. The van der Waals surface area contributed by atoms with Gasteiger partial charge in [0.1, 0.15) is 5.00 Å². The van der Waals surface area contributed by atoms with Gasteiger partial charge in [0.25, 0.3) is 10.0 Å². The quantitative estimate of drug-likeness (QED) is 0.840. The van der Waals surface area contributed by atoms with Crippen LogP contribution in [0.4, 0.5) is 5.00 Å². The number of thiophene rings is 1. The number of methoxy groups -OCH3 is 1. The van der Waals surface area contributed by atoms with Gasteiger partial charge in [-0.1, -0.05) is 22.9 Å². The summed E-state index contributed by atoms with van der Waals surface area (Å²) < 4.78 is 31.7. The third-order valence-electron chi connectivity index (χ3n) is 2.72. The monoisotopic (exact) mass is 366 g/mol. The first-order valence-electron chi connectivity index (χ1n) is 5.58. The van der Waals surface area contributed by atoms with Crippen LogP contribution < -0.4 is 4.72 Å². The number of ether oxygens (including phenoxy) is 1. The van der Waals surface area contributed by atoms with Gasteiger partial charge >= 0.3 is 5.97 Å². The molecule has 0 aromatic carbocycles. The van der Waals surface area contributed by atoms with E-state index >= 15 is 0 Å². The Labute approximate surface area is 134 Å². The summed E-state index contributed by atoms with van der Waals surface area (Å²) in [5.74, 6) is -0.586. The lowest BCUT2D eigenvalue weighted by atomic mass is 10.2. The summed E-state index contributed by atoms with van der Waals surface area (Å²) in [5, 5.41) is 0.223. The molecule has 0 bridgehead atoms. The zero-order valence-corrected chi connectivity index (χ0v) is 14.5. The average Bonchev–Trinajstić information content (AvgIpc) is 2.95. The van der Waals surface area contributed by atoms with Crippen LogP contribution in [0.25, 0.3) is 0 Å². The van der Waals surface area contributed by atoms with Crippen molar-refractivity contribution in [2.45, 2.75) is 18.1 Å². The number of rotatable bonds is 4. The van der Waals surface area contributed by atoms with Gasteiger partial charge in [-0.3, -0.25) is 4.72 Å². The summed E-state index contributed by atoms with van der Waals surface area (Å²) in [6.45, 7) is 3.53. The minimum Gasteiger partial charge on any atom is -0.465 e. The van der Waals surface area contributed by atoms with E-state index in [9.17, 15) is 13.2 Å². The fourth-order valence-electron chi connectivity index (χ4n) is 1.58. The number of thiazole rings is 1. The van der Waals surface area contributed by atoms with Gasteiger partial charge in [0, 0.05) is 4.88 Å². The number of carbonyl (C=O) groups is 1. The molecule has 0 aliphatic carbocycles. The smallest absolute Gasteiger partial charge is 0.341 e. The van der Waals surface area contributed by atoms with Crippen molar-refractivity contribution in [3.05, 3.63) is 26.7 Å². The molecular weight excluding hydrogens is 356 g/mol. The van der Waals surface area contributed by atoms with Gasteiger partial charge < -0.3 is 4.74 Å². The number of aromatic nitrogens is 1. The summed E-state index contributed by atoms with van der Waals surface area (Å²) in [5.41, 5.74) is 0.908. The van der Waals surface area contributed by atoms with E-state index in [1.54, 1.807) is 13.8 Å². The third-order valence-corrected chi connectivity index (χ3v) is 6.90. The molecule has 10 heteroatoms. The SMILES string of the molecule is COC(=O)c1c(NS(=O)(=O)c2cnc(Cl)s2)sc(C)c1C. The van der Waals surface area contributed by atoms with Gasteiger partial charge in [0.2, 0.25) is 0 Å². The number of aryl methyl sites for hydroxylation is 1. The highest BCUT2D eigenvalue weighted by atomic mass is 35.5. The van der Waals surface area contributed by atoms with Crippen molar-refractivity contribution in [2.75, 3.05) is 11.8 Å². The minimum atomic E-state index is -3.84. The lowest BCUT2D eigenvalue weighted by Gasteiger charge is -2.06. The van der Waals surface area contributed by atoms with E-state index in [1.807, 2.05) is 0 Å². The molecule has 0 atom stereocenters. The van der Waals surface area contributed by atoms with Crippen molar-refractivity contribution in [1.29, 1.82) is 0 Å². The second-order valence-corrected chi connectivity index (χ2v) is 8.76. The summed E-state index contributed by atoms with van der Waals surface area (Å²) in [7, 11) is -2.59. The first-order valence-corrected chi connectivity index (χ1v) is 9.08. The highest BCUT2D eigenvalue weighted by Gasteiger charge is 2.25. The number of carbonyl (C=O) groups excluding carboxylic acids is 1. The first-order chi connectivity index (χ1) is 9.76.